The van der Waals surface area contributed by atoms with Gasteiger partial charge >= 0.3 is 5.97 Å². The van der Waals surface area contributed by atoms with Gasteiger partial charge in [0.15, 0.2) is 0 Å². The molecule has 108 valence electrons. The number of aromatic nitrogens is 2. The fourth-order valence-electron chi connectivity index (χ4n) is 2.29. The second-order valence-corrected chi connectivity index (χ2v) is 4.80. The average Bonchev–Trinajstić information content (AvgIpc) is 2.79. The Bertz CT molecular complexity index is 694. The minimum Gasteiger partial charge on any atom is -0.469 e. The molecule has 0 fully saturated rings. The second-order valence-electron chi connectivity index (χ2n) is 4.80. The molecule has 0 spiro atoms. The van der Waals surface area contributed by atoms with Crippen molar-refractivity contribution in [3.8, 4) is 11.8 Å². The SMILES string of the molecule is COC(=O)CCc1c(C)nn(-c2ccc(C#N)cc2)c1C. The number of carbonyl (C=O) groups excluding carboxylic acids is 1. The lowest BCUT2D eigenvalue weighted by molar-refractivity contribution is -0.140. The smallest absolute Gasteiger partial charge is 0.305 e. The highest BCUT2D eigenvalue weighted by Crippen LogP contribution is 2.19. The van der Waals surface area contributed by atoms with Crippen molar-refractivity contribution in [3.05, 3.63) is 46.8 Å². The molecule has 0 bridgehead atoms. The maximum atomic E-state index is 11.3. The molecule has 1 heterocycles. The monoisotopic (exact) mass is 283 g/mol. The minimum atomic E-state index is -0.222. The lowest BCUT2D eigenvalue weighted by Gasteiger charge is -2.05. The van der Waals surface area contributed by atoms with Gasteiger partial charge in [0.25, 0.3) is 0 Å². The van der Waals surface area contributed by atoms with Crippen molar-refractivity contribution in [1.82, 2.24) is 9.78 Å². The standard InChI is InChI=1S/C16H17N3O2/c1-11-15(8-9-16(20)21-3)12(2)19(18-11)14-6-4-13(10-17)5-7-14/h4-7H,8-9H2,1-3H3. The zero-order valence-corrected chi connectivity index (χ0v) is 12.4. The van der Waals surface area contributed by atoms with Crippen molar-refractivity contribution < 1.29 is 9.53 Å². The first kappa shape index (κ1) is 14.8. The maximum absolute atomic E-state index is 11.3. The van der Waals surface area contributed by atoms with Gasteiger partial charge in [-0.15, -0.1) is 0 Å². The van der Waals surface area contributed by atoms with Crippen LogP contribution in [0.1, 0.15) is 28.9 Å². The van der Waals surface area contributed by atoms with Gasteiger partial charge in [0, 0.05) is 12.1 Å². The Morgan fingerprint density at radius 3 is 2.57 bits per heavy atom. The van der Waals surface area contributed by atoms with Crippen LogP contribution in [0.25, 0.3) is 5.69 Å². The van der Waals surface area contributed by atoms with Gasteiger partial charge in [0.2, 0.25) is 0 Å². The molecule has 0 aliphatic rings. The van der Waals surface area contributed by atoms with E-state index in [0.29, 0.717) is 18.4 Å². The highest BCUT2D eigenvalue weighted by atomic mass is 16.5. The molecule has 2 aromatic rings. The molecule has 5 nitrogen and oxygen atoms in total. The second kappa shape index (κ2) is 6.23. The molecular weight excluding hydrogens is 266 g/mol. The van der Waals surface area contributed by atoms with Crippen molar-refractivity contribution in [2.75, 3.05) is 7.11 Å². The summed E-state index contributed by atoms with van der Waals surface area (Å²) >= 11 is 0. The number of hydrogen-bond acceptors (Lipinski definition) is 4. The number of carbonyl (C=O) groups is 1. The summed E-state index contributed by atoms with van der Waals surface area (Å²) in [5, 5.41) is 13.4. The summed E-state index contributed by atoms with van der Waals surface area (Å²) in [6.07, 6.45) is 0.956. The molecule has 0 saturated carbocycles. The third kappa shape index (κ3) is 3.11. The van der Waals surface area contributed by atoms with Gasteiger partial charge < -0.3 is 4.74 Å². The van der Waals surface area contributed by atoms with Crippen molar-refractivity contribution in [3.63, 3.8) is 0 Å². The summed E-state index contributed by atoms with van der Waals surface area (Å²) in [6, 6.07) is 9.35. The Morgan fingerprint density at radius 2 is 2.00 bits per heavy atom. The van der Waals surface area contributed by atoms with E-state index in [-0.39, 0.29) is 5.97 Å². The van der Waals surface area contributed by atoms with Gasteiger partial charge in [0.05, 0.1) is 30.1 Å². The highest BCUT2D eigenvalue weighted by molar-refractivity contribution is 5.69. The van der Waals surface area contributed by atoms with Crippen LogP contribution in [0, 0.1) is 25.2 Å². The lowest BCUT2D eigenvalue weighted by atomic mass is 10.1. The van der Waals surface area contributed by atoms with E-state index in [9.17, 15) is 4.79 Å². The van der Waals surface area contributed by atoms with Crippen LogP contribution in [-0.2, 0) is 16.0 Å². The summed E-state index contributed by atoms with van der Waals surface area (Å²) in [7, 11) is 1.39. The van der Waals surface area contributed by atoms with Crippen LogP contribution in [0.2, 0.25) is 0 Å². The molecule has 0 atom stereocenters. The normalized spacial score (nSPS) is 10.2. The van der Waals surface area contributed by atoms with Crippen LogP contribution in [0.5, 0.6) is 0 Å². The van der Waals surface area contributed by atoms with Crippen LogP contribution >= 0.6 is 0 Å². The molecule has 0 amide bonds. The van der Waals surface area contributed by atoms with E-state index < -0.39 is 0 Å². The number of ether oxygens (including phenoxy) is 1. The quantitative estimate of drug-likeness (QED) is 0.808. The number of rotatable bonds is 4. The predicted octanol–water partition coefficient (Wildman–Crippen LogP) is 2.47. The minimum absolute atomic E-state index is 0.222. The predicted molar refractivity (Wildman–Crippen MR) is 78.1 cm³/mol. The number of nitrogens with zero attached hydrogens (tertiary/aromatic N) is 3. The molecule has 2 rings (SSSR count). The maximum Gasteiger partial charge on any atom is 0.305 e. The molecular formula is C16H17N3O2. The summed E-state index contributed by atoms with van der Waals surface area (Å²) in [4.78, 5) is 11.3. The summed E-state index contributed by atoms with van der Waals surface area (Å²) < 4.78 is 6.51. The molecule has 1 aromatic carbocycles. The number of aryl methyl sites for hydroxylation is 1. The molecule has 21 heavy (non-hydrogen) atoms. The number of esters is 1. The summed E-state index contributed by atoms with van der Waals surface area (Å²) in [5.41, 5.74) is 4.48. The first-order valence-corrected chi connectivity index (χ1v) is 6.69. The van der Waals surface area contributed by atoms with Crippen molar-refractivity contribution in [2.24, 2.45) is 0 Å². The van der Waals surface area contributed by atoms with Crippen LogP contribution in [0.3, 0.4) is 0 Å². The fourth-order valence-corrected chi connectivity index (χ4v) is 2.29. The van der Waals surface area contributed by atoms with Crippen molar-refractivity contribution in [1.29, 1.82) is 5.26 Å². The highest BCUT2D eigenvalue weighted by Gasteiger charge is 2.14. The Kier molecular flexibility index (Phi) is 4.39. The van der Waals surface area contributed by atoms with Crippen LogP contribution in [0.4, 0.5) is 0 Å². The van der Waals surface area contributed by atoms with E-state index in [4.69, 9.17) is 5.26 Å². The lowest BCUT2D eigenvalue weighted by Crippen LogP contribution is -2.03. The third-order valence-electron chi connectivity index (χ3n) is 3.49. The molecule has 0 unspecified atom stereocenters. The van der Waals surface area contributed by atoms with E-state index >= 15 is 0 Å². The Hall–Kier alpha value is -2.61. The van der Waals surface area contributed by atoms with Crippen LogP contribution in [0.15, 0.2) is 24.3 Å². The number of benzene rings is 1. The summed E-state index contributed by atoms with van der Waals surface area (Å²) in [6.45, 7) is 3.91. The Morgan fingerprint density at radius 1 is 1.33 bits per heavy atom. The Balaban J connectivity index is 2.29. The summed E-state index contributed by atoms with van der Waals surface area (Å²) in [5.74, 6) is -0.222. The number of methoxy groups -OCH3 is 1. The molecule has 0 N–H and O–H groups in total. The average molecular weight is 283 g/mol. The van der Waals surface area contributed by atoms with Gasteiger partial charge in [-0.1, -0.05) is 0 Å². The molecule has 0 aliphatic carbocycles. The largest absolute Gasteiger partial charge is 0.469 e. The fraction of sp³-hybridized carbons (Fsp3) is 0.312. The number of hydrogen-bond donors (Lipinski definition) is 0. The molecule has 0 aliphatic heterocycles. The van der Waals surface area contributed by atoms with Gasteiger partial charge in [-0.05, 0) is 50.1 Å². The molecule has 1 aromatic heterocycles. The molecule has 0 radical (unpaired) electrons. The van der Waals surface area contributed by atoms with E-state index in [1.165, 1.54) is 7.11 Å². The van der Waals surface area contributed by atoms with Gasteiger partial charge in [-0.3, -0.25) is 4.79 Å². The molecule has 5 heteroatoms. The van der Waals surface area contributed by atoms with Gasteiger partial charge in [-0.25, -0.2) is 4.68 Å². The number of nitriles is 1. The molecule has 0 saturated heterocycles. The zero-order chi connectivity index (χ0) is 15.4. The van der Waals surface area contributed by atoms with Gasteiger partial charge in [0.1, 0.15) is 0 Å². The Labute approximate surface area is 123 Å². The van der Waals surface area contributed by atoms with E-state index in [1.54, 1.807) is 12.1 Å². The third-order valence-corrected chi connectivity index (χ3v) is 3.49. The van der Waals surface area contributed by atoms with Gasteiger partial charge in [-0.2, -0.15) is 10.4 Å². The van der Waals surface area contributed by atoms with Crippen LogP contribution in [-0.4, -0.2) is 22.9 Å². The van der Waals surface area contributed by atoms with Crippen molar-refractivity contribution in [2.45, 2.75) is 26.7 Å². The van der Waals surface area contributed by atoms with E-state index in [2.05, 4.69) is 15.9 Å². The topological polar surface area (TPSA) is 67.9 Å². The zero-order valence-electron chi connectivity index (χ0n) is 12.4. The first-order valence-electron chi connectivity index (χ1n) is 6.69. The van der Waals surface area contributed by atoms with Crippen molar-refractivity contribution >= 4 is 5.97 Å². The first-order chi connectivity index (χ1) is 10.1. The van der Waals surface area contributed by atoms with Crippen LogP contribution < -0.4 is 0 Å². The van der Waals surface area contributed by atoms with E-state index in [0.717, 1.165) is 22.6 Å². The van der Waals surface area contributed by atoms with E-state index in [1.807, 2.05) is 30.7 Å².